The minimum absolute atomic E-state index is 0.225. The second-order valence-corrected chi connectivity index (χ2v) is 8.95. The van der Waals surface area contributed by atoms with Crippen LogP contribution in [0.25, 0.3) is 11.2 Å². The van der Waals surface area contributed by atoms with Crippen LogP contribution in [0.15, 0.2) is 17.6 Å². The molecule has 0 bridgehead atoms. The van der Waals surface area contributed by atoms with E-state index in [0.29, 0.717) is 27.7 Å². The molecule has 0 spiro atoms. The zero-order chi connectivity index (χ0) is 24.6. The number of carbonyl (C=O) groups is 3. The van der Waals surface area contributed by atoms with Gasteiger partial charge in [-0.05, 0) is 6.92 Å². The molecule has 0 amide bonds. The van der Waals surface area contributed by atoms with E-state index in [4.69, 9.17) is 18.9 Å². The Morgan fingerprint density at radius 3 is 2.47 bits per heavy atom. The van der Waals surface area contributed by atoms with Crippen molar-refractivity contribution in [2.75, 3.05) is 12.4 Å². The number of nitrogens with zero attached hydrogens (tertiary/aromatic N) is 5. The van der Waals surface area contributed by atoms with E-state index in [1.165, 1.54) is 49.8 Å². The predicted octanol–water partition coefficient (Wildman–Crippen LogP) is 0.352. The van der Waals surface area contributed by atoms with Crippen molar-refractivity contribution in [3.63, 3.8) is 0 Å². The lowest BCUT2D eigenvalue weighted by Gasteiger charge is -2.23. The minimum Gasteiger partial charge on any atom is -0.463 e. The fraction of sp³-hybridized carbons (Fsp3) is 0.550. The Kier molecular flexibility index (Phi) is 6.55. The molecule has 0 aliphatic carbocycles. The normalized spacial score (nSPS) is 28.6. The maximum atomic E-state index is 11.9. The van der Waals surface area contributed by atoms with Crippen molar-refractivity contribution in [1.29, 1.82) is 0 Å². The number of hydrogen-bond donors (Lipinski definition) is 1. The molecule has 1 fully saturated rings. The van der Waals surface area contributed by atoms with Crippen molar-refractivity contribution in [2.24, 2.45) is 4.99 Å². The van der Waals surface area contributed by atoms with Crippen LogP contribution >= 0.6 is 11.8 Å². The maximum Gasteiger partial charge on any atom is 0.303 e. The number of rotatable bonds is 6. The van der Waals surface area contributed by atoms with Crippen molar-refractivity contribution in [1.82, 2.24) is 19.5 Å². The number of carbonyl (C=O) groups excluding carboxylic acids is 3. The van der Waals surface area contributed by atoms with Gasteiger partial charge in [0.2, 0.25) is 0 Å². The summed E-state index contributed by atoms with van der Waals surface area (Å²) in [5.74, 6) is -1.42. The predicted molar refractivity (Wildman–Crippen MR) is 117 cm³/mol. The number of thioether (sulfide) groups is 1. The summed E-state index contributed by atoms with van der Waals surface area (Å²) in [5, 5.41) is 10.7. The molecule has 4 rings (SSSR count). The average Bonchev–Trinajstić information content (AvgIpc) is 3.41. The van der Waals surface area contributed by atoms with Crippen molar-refractivity contribution in [2.45, 2.75) is 58.0 Å². The molecule has 14 heteroatoms. The van der Waals surface area contributed by atoms with Crippen molar-refractivity contribution < 1.29 is 38.4 Å². The summed E-state index contributed by atoms with van der Waals surface area (Å²) in [6, 6.07) is 0. The van der Waals surface area contributed by atoms with Crippen molar-refractivity contribution in [3.8, 4) is 0 Å². The summed E-state index contributed by atoms with van der Waals surface area (Å²) in [4.78, 5) is 52.3. The Morgan fingerprint density at radius 2 is 1.85 bits per heavy atom. The first-order valence-electron chi connectivity index (χ1n) is 10.3. The van der Waals surface area contributed by atoms with Crippen molar-refractivity contribution >= 4 is 45.9 Å². The van der Waals surface area contributed by atoms with E-state index in [-0.39, 0.29) is 6.61 Å². The van der Waals surface area contributed by atoms with Gasteiger partial charge in [-0.1, -0.05) is 11.8 Å². The number of hydrogen-bond acceptors (Lipinski definition) is 13. The molecular weight excluding hydrogens is 470 g/mol. The van der Waals surface area contributed by atoms with Crippen LogP contribution in [0.2, 0.25) is 0 Å². The first-order chi connectivity index (χ1) is 16.1. The minimum atomic E-state index is -1.21. The number of aliphatic hydroxyl groups is 1. The van der Waals surface area contributed by atoms with E-state index in [9.17, 15) is 19.5 Å². The lowest BCUT2D eigenvalue weighted by molar-refractivity contribution is -0.166. The topological polar surface area (TPSA) is 164 Å². The van der Waals surface area contributed by atoms with Crippen LogP contribution in [0.5, 0.6) is 0 Å². The summed E-state index contributed by atoms with van der Waals surface area (Å²) in [7, 11) is 0. The Labute approximate surface area is 197 Å². The summed E-state index contributed by atoms with van der Waals surface area (Å²) in [6.45, 7) is 5.03. The number of esters is 3. The van der Waals surface area contributed by atoms with Crippen LogP contribution in [-0.2, 0) is 33.3 Å². The van der Waals surface area contributed by atoms with Crippen LogP contribution in [0.3, 0.4) is 0 Å². The lowest BCUT2D eigenvalue weighted by Crippen LogP contribution is -2.40. The highest BCUT2D eigenvalue weighted by Crippen LogP contribution is 2.37. The molecular formula is C20H23N5O8S. The van der Waals surface area contributed by atoms with Gasteiger partial charge in [-0.25, -0.2) is 19.9 Å². The number of ether oxygens (including phenoxy) is 4. The highest BCUT2D eigenvalue weighted by molar-refractivity contribution is 8.14. The highest BCUT2D eigenvalue weighted by atomic mass is 32.2. The van der Waals surface area contributed by atoms with Gasteiger partial charge in [0.05, 0.1) is 6.33 Å². The quantitative estimate of drug-likeness (QED) is 0.434. The SMILES string of the molecule is CC(=O)OC[C@H]1O[C@@H](n2cnc3c(C4=NC(C)(O)CS4)ncnc32)[C@H](OC(C)=O)[C@@H]1OC(C)=O. The summed E-state index contributed by atoms with van der Waals surface area (Å²) < 4.78 is 23.5. The van der Waals surface area contributed by atoms with E-state index in [1.807, 2.05) is 0 Å². The van der Waals surface area contributed by atoms with E-state index in [2.05, 4.69) is 19.9 Å². The van der Waals surface area contributed by atoms with Crippen LogP contribution in [-0.4, -0.2) is 84.0 Å². The van der Waals surface area contributed by atoms with Gasteiger partial charge in [0.1, 0.15) is 35.3 Å². The van der Waals surface area contributed by atoms with Crippen LogP contribution in [0.4, 0.5) is 0 Å². The van der Waals surface area contributed by atoms with Crippen LogP contribution in [0, 0.1) is 0 Å². The number of aromatic nitrogens is 4. The van der Waals surface area contributed by atoms with E-state index in [1.54, 1.807) is 6.92 Å². The van der Waals surface area contributed by atoms with Gasteiger partial charge >= 0.3 is 17.9 Å². The Bertz CT molecular complexity index is 1170. The van der Waals surface area contributed by atoms with Gasteiger partial charge < -0.3 is 24.1 Å². The molecule has 5 atom stereocenters. The standard InChI is InChI=1S/C20H23N5O8S/c1-9(26)30-5-12-15(31-10(2)27)16(32-11(3)28)19(33-12)25-8-23-13-14(21-7-22-17(13)25)18-24-20(4,29)6-34-18/h7-8,12,15-16,19,29H,5-6H2,1-4H3/t12-,15-,16-,19-,20?/m1/s1. The third-order valence-corrected chi connectivity index (χ3v) is 6.25. The molecule has 13 nitrogen and oxygen atoms in total. The number of fused-ring (bicyclic) bond motifs is 1. The molecule has 0 radical (unpaired) electrons. The van der Waals surface area contributed by atoms with Gasteiger partial charge in [-0.3, -0.25) is 19.0 Å². The maximum absolute atomic E-state index is 11.9. The third kappa shape index (κ3) is 4.88. The Hall–Kier alpha value is -3.10. The lowest BCUT2D eigenvalue weighted by atomic mass is 10.1. The largest absolute Gasteiger partial charge is 0.463 e. The monoisotopic (exact) mass is 493 g/mol. The zero-order valence-electron chi connectivity index (χ0n) is 18.8. The van der Waals surface area contributed by atoms with Gasteiger partial charge in [0.15, 0.2) is 29.8 Å². The summed E-state index contributed by atoms with van der Waals surface area (Å²) in [6.07, 6.45) is -1.28. The molecule has 1 N–H and O–H groups in total. The molecule has 182 valence electrons. The van der Waals surface area contributed by atoms with Gasteiger partial charge in [0, 0.05) is 26.5 Å². The zero-order valence-corrected chi connectivity index (χ0v) is 19.6. The third-order valence-electron chi connectivity index (χ3n) is 5.00. The molecule has 34 heavy (non-hydrogen) atoms. The first kappa shape index (κ1) is 24.0. The molecule has 0 saturated carbocycles. The smallest absolute Gasteiger partial charge is 0.303 e. The summed E-state index contributed by atoms with van der Waals surface area (Å²) in [5.41, 5.74) is -0.0434. The number of aliphatic imine (C=N–C) groups is 1. The van der Waals surface area contributed by atoms with E-state index >= 15 is 0 Å². The van der Waals surface area contributed by atoms with Crippen LogP contribution in [0.1, 0.15) is 39.6 Å². The Balaban J connectivity index is 1.74. The second kappa shape index (κ2) is 9.27. The molecule has 2 aliphatic heterocycles. The van der Waals surface area contributed by atoms with Crippen LogP contribution < -0.4 is 0 Å². The number of imidazole rings is 1. The van der Waals surface area contributed by atoms with Crippen molar-refractivity contribution in [3.05, 3.63) is 18.3 Å². The molecule has 4 heterocycles. The highest BCUT2D eigenvalue weighted by Gasteiger charge is 2.51. The Morgan fingerprint density at radius 1 is 1.15 bits per heavy atom. The average molecular weight is 493 g/mol. The molecule has 2 aromatic rings. The molecule has 1 saturated heterocycles. The van der Waals surface area contributed by atoms with Gasteiger partial charge in [-0.15, -0.1) is 0 Å². The van der Waals surface area contributed by atoms with E-state index in [0.717, 1.165) is 0 Å². The van der Waals surface area contributed by atoms with E-state index < -0.39 is 48.2 Å². The molecule has 1 unspecified atom stereocenters. The fourth-order valence-corrected chi connectivity index (χ4v) is 4.74. The fourth-order valence-electron chi connectivity index (χ4n) is 3.72. The van der Waals surface area contributed by atoms with Gasteiger partial charge in [0.25, 0.3) is 0 Å². The first-order valence-corrected chi connectivity index (χ1v) is 11.3. The summed E-state index contributed by atoms with van der Waals surface area (Å²) >= 11 is 1.34. The second-order valence-electron chi connectivity index (χ2n) is 7.98. The van der Waals surface area contributed by atoms with Gasteiger partial charge in [-0.2, -0.15) is 0 Å². The molecule has 2 aliphatic rings. The molecule has 0 aromatic carbocycles. The molecule has 2 aromatic heterocycles.